The molecule has 0 saturated heterocycles. The molecule has 2 aromatic carbocycles. The summed E-state index contributed by atoms with van der Waals surface area (Å²) in [6, 6.07) is 8.43. The number of benzene rings is 2. The van der Waals surface area contributed by atoms with Gasteiger partial charge in [0.25, 0.3) is 0 Å². The Kier molecular flexibility index (Phi) is 6.00. The first-order chi connectivity index (χ1) is 12.3. The fraction of sp³-hybridized carbons (Fsp3) is 0.222. The van der Waals surface area contributed by atoms with E-state index in [1.54, 1.807) is 30.1 Å². The fourth-order valence-electron chi connectivity index (χ4n) is 2.66. The third-order valence-corrected chi connectivity index (χ3v) is 3.99. The molecule has 0 unspecified atom stereocenters. The van der Waals surface area contributed by atoms with Crippen molar-refractivity contribution in [2.24, 2.45) is 0 Å². The maximum atomic E-state index is 13.0. The zero-order valence-corrected chi connectivity index (χ0v) is 15.6. The fourth-order valence-corrected chi connectivity index (χ4v) is 2.66. The number of nitrogens with zero attached hydrogens (tertiary/aromatic N) is 3. The van der Waals surface area contributed by atoms with E-state index in [-0.39, 0.29) is 12.4 Å². The minimum atomic E-state index is -4.42. The Labute approximate surface area is 160 Å². The number of ether oxygens (including phenoxy) is 2. The van der Waals surface area contributed by atoms with Crippen LogP contribution < -0.4 is 14.4 Å². The molecule has 0 amide bonds. The van der Waals surface area contributed by atoms with Crippen LogP contribution in [0.5, 0.6) is 11.5 Å². The van der Waals surface area contributed by atoms with Gasteiger partial charge in [-0.3, -0.25) is 0 Å². The highest BCUT2D eigenvalue weighted by atomic mass is 35.5. The van der Waals surface area contributed by atoms with E-state index < -0.39 is 11.7 Å². The lowest BCUT2D eigenvalue weighted by atomic mass is 10.1. The van der Waals surface area contributed by atoms with Gasteiger partial charge < -0.3 is 14.4 Å². The number of methoxy groups -OCH3 is 2. The minimum Gasteiger partial charge on any atom is -0.497 e. The highest BCUT2D eigenvalue weighted by Gasteiger charge is 2.31. The van der Waals surface area contributed by atoms with Crippen LogP contribution in [0.25, 0.3) is 10.9 Å². The van der Waals surface area contributed by atoms with Gasteiger partial charge in [-0.05, 0) is 18.2 Å². The van der Waals surface area contributed by atoms with Gasteiger partial charge in [0.15, 0.2) is 0 Å². The highest BCUT2D eigenvalue weighted by Crippen LogP contribution is 2.38. The normalized spacial score (nSPS) is 11.0. The van der Waals surface area contributed by atoms with E-state index in [4.69, 9.17) is 9.47 Å². The topological polar surface area (TPSA) is 47.5 Å². The number of hydrogen-bond donors (Lipinski definition) is 0. The Morgan fingerprint density at radius 2 is 1.74 bits per heavy atom. The molecule has 0 atom stereocenters. The summed E-state index contributed by atoms with van der Waals surface area (Å²) in [7, 11) is 4.66. The summed E-state index contributed by atoms with van der Waals surface area (Å²) in [5.74, 6) is 1.45. The van der Waals surface area contributed by atoms with Gasteiger partial charge in [-0.1, -0.05) is 6.07 Å². The first-order valence-corrected chi connectivity index (χ1v) is 7.63. The second-order valence-corrected chi connectivity index (χ2v) is 5.53. The third-order valence-electron chi connectivity index (χ3n) is 3.99. The summed E-state index contributed by atoms with van der Waals surface area (Å²) in [5, 5.41) is 0.579. The Morgan fingerprint density at radius 3 is 2.37 bits per heavy atom. The highest BCUT2D eigenvalue weighted by molar-refractivity contribution is 5.97. The van der Waals surface area contributed by atoms with Crippen LogP contribution in [0.1, 0.15) is 5.56 Å². The zero-order chi connectivity index (χ0) is 18.9. The van der Waals surface area contributed by atoms with Gasteiger partial charge in [0.05, 0.1) is 30.7 Å². The molecule has 0 saturated carbocycles. The van der Waals surface area contributed by atoms with E-state index in [1.165, 1.54) is 26.6 Å². The van der Waals surface area contributed by atoms with Gasteiger partial charge in [0, 0.05) is 24.9 Å². The third kappa shape index (κ3) is 4.00. The largest absolute Gasteiger partial charge is 0.497 e. The second kappa shape index (κ2) is 7.87. The van der Waals surface area contributed by atoms with Crippen molar-refractivity contribution in [3.8, 4) is 11.5 Å². The van der Waals surface area contributed by atoms with Crippen molar-refractivity contribution in [3.63, 3.8) is 0 Å². The second-order valence-electron chi connectivity index (χ2n) is 5.53. The molecule has 0 aliphatic heterocycles. The predicted octanol–water partition coefficient (Wildman–Crippen LogP) is 4.86. The number of halogens is 4. The van der Waals surface area contributed by atoms with Gasteiger partial charge in [0.2, 0.25) is 0 Å². The Morgan fingerprint density at radius 1 is 1.00 bits per heavy atom. The molecule has 1 heterocycles. The lowest BCUT2D eigenvalue weighted by molar-refractivity contribution is -0.137. The van der Waals surface area contributed by atoms with E-state index in [9.17, 15) is 13.2 Å². The summed E-state index contributed by atoms with van der Waals surface area (Å²) in [5.41, 5.74) is 0.177. The minimum absolute atomic E-state index is 0. The van der Waals surface area contributed by atoms with E-state index in [1.807, 2.05) is 0 Å². The SMILES string of the molecule is COc1cc(OC)c2c(N(C)c3cccc(C(F)(F)F)c3)ncnc2c1.Cl. The van der Waals surface area contributed by atoms with Crippen LogP contribution in [0.3, 0.4) is 0 Å². The van der Waals surface area contributed by atoms with Crippen molar-refractivity contribution in [1.29, 1.82) is 0 Å². The van der Waals surface area contributed by atoms with Crippen LogP contribution >= 0.6 is 12.4 Å². The predicted molar refractivity (Wildman–Crippen MR) is 99.4 cm³/mol. The van der Waals surface area contributed by atoms with Crippen molar-refractivity contribution >= 4 is 34.8 Å². The Hall–Kier alpha value is -2.74. The molecule has 3 aromatic rings. The maximum absolute atomic E-state index is 13.0. The summed E-state index contributed by atoms with van der Waals surface area (Å²) in [6.07, 6.45) is -3.07. The molecule has 1 aromatic heterocycles. The van der Waals surface area contributed by atoms with Gasteiger partial charge >= 0.3 is 6.18 Å². The summed E-state index contributed by atoms with van der Waals surface area (Å²) in [6.45, 7) is 0. The van der Waals surface area contributed by atoms with Crippen LogP contribution in [0.4, 0.5) is 24.7 Å². The van der Waals surface area contributed by atoms with Gasteiger partial charge in [0.1, 0.15) is 23.6 Å². The van der Waals surface area contributed by atoms with E-state index in [2.05, 4.69) is 9.97 Å². The molecule has 0 fully saturated rings. The number of aromatic nitrogens is 2. The molecule has 0 aliphatic rings. The van der Waals surface area contributed by atoms with Crippen LogP contribution in [-0.4, -0.2) is 31.2 Å². The number of rotatable bonds is 4. The first-order valence-electron chi connectivity index (χ1n) is 7.63. The molecular weight excluding hydrogens is 383 g/mol. The van der Waals surface area contributed by atoms with E-state index >= 15 is 0 Å². The molecule has 0 aliphatic carbocycles. The van der Waals surface area contributed by atoms with E-state index in [0.29, 0.717) is 33.9 Å². The quantitative estimate of drug-likeness (QED) is 0.627. The lowest BCUT2D eigenvalue weighted by Gasteiger charge is -2.22. The molecule has 0 N–H and O–H groups in total. The molecule has 9 heteroatoms. The van der Waals surface area contributed by atoms with Crippen LogP contribution in [0, 0.1) is 0 Å². The van der Waals surface area contributed by atoms with Gasteiger partial charge in [-0.25, -0.2) is 9.97 Å². The molecule has 0 spiro atoms. The van der Waals surface area contributed by atoms with Crippen LogP contribution in [-0.2, 0) is 6.18 Å². The molecule has 3 rings (SSSR count). The molecule has 0 radical (unpaired) electrons. The average molecular weight is 400 g/mol. The Balaban J connectivity index is 0.00000261. The standard InChI is InChI=1S/C18H16F3N3O2.ClH/c1-24(12-6-4-5-11(7-12)18(19,20)21)17-16-14(22-10-23-17)8-13(25-2)9-15(16)26-3;/h4-10H,1-3H3;1H. The molecular formula is C18H17ClF3N3O2. The molecule has 144 valence electrons. The number of alkyl halides is 3. The lowest BCUT2D eigenvalue weighted by Crippen LogP contribution is -2.14. The summed E-state index contributed by atoms with van der Waals surface area (Å²) in [4.78, 5) is 10.0. The summed E-state index contributed by atoms with van der Waals surface area (Å²) >= 11 is 0. The van der Waals surface area contributed by atoms with E-state index in [0.717, 1.165) is 12.1 Å². The Bertz CT molecular complexity index is 951. The maximum Gasteiger partial charge on any atom is 0.416 e. The summed E-state index contributed by atoms with van der Waals surface area (Å²) < 4.78 is 49.7. The smallest absolute Gasteiger partial charge is 0.416 e. The monoisotopic (exact) mass is 399 g/mol. The van der Waals surface area contributed by atoms with Crippen LogP contribution in [0.15, 0.2) is 42.7 Å². The first kappa shape index (κ1) is 20.6. The van der Waals surface area contributed by atoms with Crippen molar-refractivity contribution in [3.05, 3.63) is 48.3 Å². The van der Waals surface area contributed by atoms with Crippen molar-refractivity contribution in [1.82, 2.24) is 9.97 Å². The average Bonchev–Trinajstić information content (AvgIpc) is 2.65. The van der Waals surface area contributed by atoms with Gasteiger partial charge in [-0.2, -0.15) is 13.2 Å². The van der Waals surface area contributed by atoms with Gasteiger partial charge in [-0.15, -0.1) is 12.4 Å². The molecule has 5 nitrogen and oxygen atoms in total. The number of hydrogen-bond acceptors (Lipinski definition) is 5. The molecule has 0 bridgehead atoms. The zero-order valence-electron chi connectivity index (χ0n) is 14.7. The number of fused-ring (bicyclic) bond motifs is 1. The van der Waals surface area contributed by atoms with Crippen molar-refractivity contribution in [2.75, 3.05) is 26.2 Å². The van der Waals surface area contributed by atoms with Crippen molar-refractivity contribution in [2.45, 2.75) is 6.18 Å². The number of anilines is 2. The molecule has 27 heavy (non-hydrogen) atoms. The van der Waals surface area contributed by atoms with Crippen LogP contribution in [0.2, 0.25) is 0 Å². The van der Waals surface area contributed by atoms with Crippen molar-refractivity contribution < 1.29 is 22.6 Å².